The largest absolute Gasteiger partial charge is 0.564 e. The minimum Gasteiger partial charge on any atom is -0.497 e. The highest BCUT2D eigenvalue weighted by Gasteiger charge is 2.31. The minimum absolute atomic E-state index is 0.445. The summed E-state index contributed by atoms with van der Waals surface area (Å²) in [5, 5.41) is 0. The molecular weight excluding hydrogens is 423 g/mol. The van der Waals surface area contributed by atoms with Gasteiger partial charge in [-0.05, 0) is 54.8 Å². The first-order valence-electron chi connectivity index (χ1n) is 10.7. The van der Waals surface area contributed by atoms with Crippen LogP contribution in [-0.2, 0) is 11.0 Å². The summed E-state index contributed by atoms with van der Waals surface area (Å²) >= 11 is 0. The fraction of sp³-hybridized carbons (Fsp3) is 0.240. The van der Waals surface area contributed by atoms with Gasteiger partial charge in [-0.25, -0.2) is 4.57 Å². The van der Waals surface area contributed by atoms with Crippen molar-refractivity contribution >= 4 is 13.6 Å². The summed E-state index contributed by atoms with van der Waals surface area (Å²) in [6.07, 6.45) is 2.67. The molecule has 1 aliphatic rings. The van der Waals surface area contributed by atoms with Gasteiger partial charge in [0.1, 0.15) is 23.1 Å². The summed E-state index contributed by atoms with van der Waals surface area (Å²) in [5.41, 5.74) is 1.04. The van der Waals surface area contributed by atoms with E-state index >= 15 is 0 Å². The van der Waals surface area contributed by atoms with Crippen molar-refractivity contribution in [2.75, 3.05) is 20.2 Å². The van der Waals surface area contributed by atoms with Gasteiger partial charge in [0.2, 0.25) is 0 Å². The van der Waals surface area contributed by atoms with E-state index in [0.717, 1.165) is 37.2 Å². The Morgan fingerprint density at radius 2 is 1.34 bits per heavy atom. The Hall–Kier alpha value is -3.24. The summed E-state index contributed by atoms with van der Waals surface area (Å²) in [4.78, 5) is 2.17. The Morgan fingerprint density at radius 1 is 0.812 bits per heavy atom. The first-order chi connectivity index (χ1) is 15.6. The molecule has 1 fully saturated rings. The summed E-state index contributed by atoms with van der Waals surface area (Å²) in [7, 11) is -2.26. The van der Waals surface area contributed by atoms with Crippen LogP contribution in [0.5, 0.6) is 17.2 Å². The second kappa shape index (κ2) is 10.4. The third kappa shape index (κ3) is 5.92. The highest BCUT2D eigenvalue weighted by Crippen LogP contribution is 2.50. The number of likely N-dealkylation sites (tertiary alicyclic amines) is 1. The van der Waals surface area contributed by atoms with E-state index in [2.05, 4.69) is 9.66 Å². The van der Waals surface area contributed by atoms with E-state index in [-0.39, 0.29) is 0 Å². The molecule has 0 atom stereocenters. The molecule has 3 aromatic rings. The molecule has 0 aliphatic carbocycles. The lowest BCUT2D eigenvalue weighted by molar-refractivity contribution is 0.386. The van der Waals surface area contributed by atoms with Crippen molar-refractivity contribution in [1.29, 1.82) is 0 Å². The lowest BCUT2D eigenvalue weighted by atomic mass is 10.1. The Balaban J connectivity index is 1.68. The zero-order valence-corrected chi connectivity index (χ0v) is 19.0. The molecule has 3 aromatic carbocycles. The van der Waals surface area contributed by atoms with Crippen molar-refractivity contribution < 1.29 is 18.3 Å². The van der Waals surface area contributed by atoms with Crippen LogP contribution < -0.4 is 13.8 Å². The van der Waals surface area contributed by atoms with Crippen LogP contribution in [0.1, 0.15) is 18.4 Å². The van der Waals surface area contributed by atoms with E-state index < -0.39 is 7.75 Å². The van der Waals surface area contributed by atoms with Crippen molar-refractivity contribution in [3.8, 4) is 17.2 Å². The third-order valence-electron chi connectivity index (χ3n) is 5.16. The molecule has 6 nitrogen and oxygen atoms in total. The highest BCUT2D eigenvalue weighted by molar-refractivity contribution is 7.53. The first-order valence-corrected chi connectivity index (χ1v) is 12.2. The Kier molecular flexibility index (Phi) is 7.13. The molecule has 4 rings (SSSR count). The molecule has 0 bridgehead atoms. The predicted molar refractivity (Wildman–Crippen MR) is 127 cm³/mol. The van der Waals surface area contributed by atoms with Gasteiger partial charge in [0, 0.05) is 19.5 Å². The predicted octanol–water partition coefficient (Wildman–Crippen LogP) is 6.00. The van der Waals surface area contributed by atoms with Gasteiger partial charge in [-0.3, -0.25) is 0 Å². The molecule has 0 N–H and O–H groups in total. The van der Waals surface area contributed by atoms with Crippen LogP contribution in [-0.4, -0.2) is 30.9 Å². The van der Waals surface area contributed by atoms with Crippen LogP contribution in [0.2, 0.25) is 0 Å². The number of ether oxygens (including phenoxy) is 1. The number of hydrogen-bond acceptors (Lipinski definition) is 4. The second-order valence-corrected chi connectivity index (χ2v) is 9.01. The molecule has 1 heterocycles. The Morgan fingerprint density at radius 3 is 1.84 bits per heavy atom. The van der Waals surface area contributed by atoms with Crippen LogP contribution in [0.25, 0.3) is 0 Å². The third-order valence-corrected chi connectivity index (χ3v) is 6.52. The number of nitrogens with zero attached hydrogens (tertiary/aromatic N) is 2. The molecule has 0 radical (unpaired) electrons. The van der Waals surface area contributed by atoms with E-state index in [4.69, 9.17) is 13.8 Å². The fourth-order valence-electron chi connectivity index (χ4n) is 3.54. The number of rotatable bonds is 8. The zero-order valence-electron chi connectivity index (χ0n) is 18.1. The molecule has 0 aromatic heterocycles. The molecule has 7 heteroatoms. The standard InChI is InChI=1S/C25H27N2O4P/c1-29-22-16-14-21(15-17-22)20-25(27-18-8-9-19-27)26-32(28,30-23-10-4-2-5-11-23)31-24-12-6-3-7-13-24/h2-7,10-17H,8-9,18-20H2,1H3. The van der Waals surface area contributed by atoms with Crippen molar-refractivity contribution in [3.63, 3.8) is 0 Å². The van der Waals surface area contributed by atoms with Crippen molar-refractivity contribution in [1.82, 2.24) is 4.90 Å². The van der Waals surface area contributed by atoms with Crippen LogP contribution in [0.4, 0.5) is 0 Å². The lowest BCUT2D eigenvalue weighted by Gasteiger charge is -2.23. The quantitative estimate of drug-likeness (QED) is 0.239. The normalized spacial score (nSPS) is 14.3. The van der Waals surface area contributed by atoms with E-state index in [1.165, 1.54) is 0 Å². The van der Waals surface area contributed by atoms with Gasteiger partial charge in [-0.2, -0.15) is 0 Å². The van der Waals surface area contributed by atoms with Gasteiger partial charge in [0.25, 0.3) is 0 Å². The van der Waals surface area contributed by atoms with Crippen LogP contribution in [0, 0.1) is 0 Å². The molecule has 0 saturated carbocycles. The highest BCUT2D eigenvalue weighted by atomic mass is 31.2. The van der Waals surface area contributed by atoms with Gasteiger partial charge in [0.05, 0.1) is 7.11 Å². The van der Waals surface area contributed by atoms with Gasteiger partial charge >= 0.3 is 7.75 Å². The molecule has 166 valence electrons. The molecule has 32 heavy (non-hydrogen) atoms. The fourth-order valence-corrected chi connectivity index (χ4v) is 4.92. The van der Waals surface area contributed by atoms with Crippen molar-refractivity contribution in [2.45, 2.75) is 19.3 Å². The van der Waals surface area contributed by atoms with E-state index in [9.17, 15) is 4.57 Å². The summed E-state index contributed by atoms with van der Waals surface area (Å²) in [6.45, 7) is 1.73. The molecular formula is C25H27N2O4P. The second-order valence-electron chi connectivity index (χ2n) is 7.51. The number of hydrogen-bond donors (Lipinski definition) is 0. The van der Waals surface area contributed by atoms with Gasteiger partial charge in [-0.15, -0.1) is 4.76 Å². The average molecular weight is 450 g/mol. The molecule has 0 amide bonds. The van der Waals surface area contributed by atoms with Crippen LogP contribution in [0.15, 0.2) is 89.7 Å². The maximum absolute atomic E-state index is 13.9. The van der Waals surface area contributed by atoms with Crippen LogP contribution >= 0.6 is 7.75 Å². The molecule has 0 unspecified atom stereocenters. The molecule has 1 saturated heterocycles. The summed E-state index contributed by atoms with van der Waals surface area (Å²) < 4.78 is 35.6. The zero-order chi connectivity index (χ0) is 22.2. The molecule has 0 spiro atoms. The van der Waals surface area contributed by atoms with Crippen molar-refractivity contribution in [2.24, 2.45) is 4.76 Å². The van der Waals surface area contributed by atoms with Gasteiger partial charge in [0.15, 0.2) is 0 Å². The summed E-state index contributed by atoms with van der Waals surface area (Å²) in [6, 6.07) is 25.8. The van der Waals surface area contributed by atoms with E-state index in [1.54, 1.807) is 31.4 Å². The number of methoxy groups -OCH3 is 1. The first kappa shape index (κ1) is 22.0. The van der Waals surface area contributed by atoms with E-state index in [1.807, 2.05) is 60.7 Å². The number of para-hydroxylation sites is 2. The average Bonchev–Trinajstić information content (AvgIpc) is 3.35. The van der Waals surface area contributed by atoms with Crippen LogP contribution in [0.3, 0.4) is 0 Å². The summed E-state index contributed by atoms with van der Waals surface area (Å²) in [5.74, 6) is 2.38. The smallest absolute Gasteiger partial charge is 0.497 e. The van der Waals surface area contributed by atoms with Gasteiger partial charge in [-0.1, -0.05) is 48.5 Å². The monoisotopic (exact) mass is 450 g/mol. The SMILES string of the molecule is COc1ccc(CC(=NP(=O)(Oc2ccccc2)Oc2ccccc2)N2CCCC2)cc1. The number of amidine groups is 1. The van der Waals surface area contributed by atoms with Crippen molar-refractivity contribution in [3.05, 3.63) is 90.5 Å². The minimum atomic E-state index is -3.90. The Bertz CT molecular complexity index is 1020. The Labute approximate surface area is 189 Å². The van der Waals surface area contributed by atoms with E-state index in [0.29, 0.717) is 23.8 Å². The number of benzene rings is 3. The van der Waals surface area contributed by atoms with Gasteiger partial charge < -0.3 is 18.7 Å². The maximum Gasteiger partial charge on any atom is 0.564 e. The topological polar surface area (TPSA) is 60.4 Å². The maximum atomic E-state index is 13.9. The lowest BCUT2D eigenvalue weighted by Crippen LogP contribution is -2.30. The molecule has 1 aliphatic heterocycles.